The van der Waals surface area contributed by atoms with Crippen molar-refractivity contribution in [3.8, 4) is 0 Å². The highest BCUT2D eigenvalue weighted by Crippen LogP contribution is 2.10. The third-order valence-electron chi connectivity index (χ3n) is 2.68. The zero-order valence-corrected chi connectivity index (χ0v) is 12.8. The number of amides is 1. The number of hydrogen-bond acceptors (Lipinski definition) is 3. The van der Waals surface area contributed by atoms with Gasteiger partial charge in [-0.15, -0.1) is 0 Å². The molecule has 4 nitrogen and oxygen atoms in total. The standard InChI is InChI=1S/C14H30N2O2/c1-7-8-15-9-12(11(2)3)10-16-13(17)18-14(4,5)6/h11-12,15H,7-10H2,1-6H3,(H,16,17). The maximum atomic E-state index is 11.6. The molecule has 0 aromatic heterocycles. The van der Waals surface area contributed by atoms with Crippen molar-refractivity contribution in [1.29, 1.82) is 0 Å². The van der Waals surface area contributed by atoms with Crippen LogP contribution in [0.5, 0.6) is 0 Å². The molecule has 0 saturated heterocycles. The van der Waals surface area contributed by atoms with Gasteiger partial charge in [-0.2, -0.15) is 0 Å². The van der Waals surface area contributed by atoms with Gasteiger partial charge in [-0.25, -0.2) is 4.79 Å². The van der Waals surface area contributed by atoms with Gasteiger partial charge in [-0.3, -0.25) is 0 Å². The number of hydrogen-bond donors (Lipinski definition) is 2. The van der Waals surface area contributed by atoms with Crippen LogP contribution >= 0.6 is 0 Å². The largest absolute Gasteiger partial charge is 0.444 e. The summed E-state index contributed by atoms with van der Waals surface area (Å²) in [7, 11) is 0. The molecule has 0 saturated carbocycles. The van der Waals surface area contributed by atoms with Gasteiger partial charge in [0, 0.05) is 6.54 Å². The summed E-state index contributed by atoms with van der Waals surface area (Å²) in [4.78, 5) is 11.6. The van der Waals surface area contributed by atoms with Gasteiger partial charge < -0.3 is 15.4 Å². The molecule has 2 N–H and O–H groups in total. The van der Waals surface area contributed by atoms with E-state index in [1.165, 1.54) is 0 Å². The monoisotopic (exact) mass is 258 g/mol. The number of carbonyl (C=O) groups is 1. The maximum absolute atomic E-state index is 11.6. The molecule has 0 radical (unpaired) electrons. The van der Waals surface area contributed by atoms with Crippen LogP contribution in [0, 0.1) is 11.8 Å². The highest BCUT2D eigenvalue weighted by Gasteiger charge is 2.18. The number of carbonyl (C=O) groups excluding carboxylic acids is 1. The molecule has 0 spiro atoms. The third kappa shape index (κ3) is 9.28. The zero-order valence-electron chi connectivity index (χ0n) is 12.8. The number of rotatable bonds is 7. The van der Waals surface area contributed by atoms with Crippen molar-refractivity contribution in [2.45, 2.75) is 53.6 Å². The van der Waals surface area contributed by atoms with Crippen LogP contribution < -0.4 is 10.6 Å². The fourth-order valence-electron chi connectivity index (χ4n) is 1.54. The minimum absolute atomic E-state index is 0.330. The van der Waals surface area contributed by atoms with Gasteiger partial charge in [-0.1, -0.05) is 20.8 Å². The predicted molar refractivity (Wildman–Crippen MR) is 75.7 cm³/mol. The van der Waals surface area contributed by atoms with E-state index in [9.17, 15) is 4.79 Å². The lowest BCUT2D eigenvalue weighted by atomic mass is 9.96. The molecule has 18 heavy (non-hydrogen) atoms. The molecule has 0 aromatic carbocycles. The lowest BCUT2D eigenvalue weighted by Crippen LogP contribution is -2.39. The molecular formula is C14H30N2O2. The first-order valence-corrected chi connectivity index (χ1v) is 6.93. The Morgan fingerprint density at radius 3 is 2.28 bits per heavy atom. The van der Waals surface area contributed by atoms with Gasteiger partial charge in [0.1, 0.15) is 5.60 Å². The van der Waals surface area contributed by atoms with E-state index in [-0.39, 0.29) is 6.09 Å². The SMILES string of the molecule is CCCNCC(CNC(=O)OC(C)(C)C)C(C)C. The summed E-state index contributed by atoms with van der Waals surface area (Å²) >= 11 is 0. The van der Waals surface area contributed by atoms with Crippen LogP contribution in [0.15, 0.2) is 0 Å². The summed E-state index contributed by atoms with van der Waals surface area (Å²) in [5.74, 6) is 0.966. The van der Waals surface area contributed by atoms with Gasteiger partial charge in [0.25, 0.3) is 0 Å². The van der Waals surface area contributed by atoms with Crippen molar-refractivity contribution < 1.29 is 9.53 Å². The fraction of sp³-hybridized carbons (Fsp3) is 0.929. The molecule has 0 bridgehead atoms. The number of ether oxygens (including phenoxy) is 1. The van der Waals surface area contributed by atoms with E-state index in [2.05, 4.69) is 31.4 Å². The van der Waals surface area contributed by atoms with E-state index in [0.717, 1.165) is 19.5 Å². The van der Waals surface area contributed by atoms with E-state index < -0.39 is 5.60 Å². The fourth-order valence-corrected chi connectivity index (χ4v) is 1.54. The number of alkyl carbamates (subject to hydrolysis) is 1. The summed E-state index contributed by atoms with van der Waals surface area (Å²) in [6.07, 6.45) is 0.799. The minimum Gasteiger partial charge on any atom is -0.444 e. The predicted octanol–water partition coefficient (Wildman–Crippen LogP) is 2.78. The first kappa shape index (κ1) is 17.2. The van der Waals surface area contributed by atoms with E-state index >= 15 is 0 Å². The minimum atomic E-state index is -0.433. The molecule has 1 unspecified atom stereocenters. The molecule has 0 fully saturated rings. The van der Waals surface area contributed by atoms with E-state index in [0.29, 0.717) is 18.4 Å². The van der Waals surface area contributed by atoms with Crippen LogP contribution in [-0.2, 0) is 4.74 Å². The Bertz CT molecular complexity index is 234. The van der Waals surface area contributed by atoms with Crippen molar-refractivity contribution in [1.82, 2.24) is 10.6 Å². The Labute approximate surface area is 112 Å². The smallest absolute Gasteiger partial charge is 0.407 e. The molecule has 1 amide bonds. The second-order valence-electron chi connectivity index (χ2n) is 6.09. The summed E-state index contributed by atoms with van der Waals surface area (Å²) < 4.78 is 5.22. The first-order chi connectivity index (χ1) is 8.26. The van der Waals surface area contributed by atoms with Crippen LogP contribution in [0.4, 0.5) is 4.79 Å². The Kier molecular flexibility index (Phi) is 8.00. The second kappa shape index (κ2) is 8.35. The van der Waals surface area contributed by atoms with Crippen LogP contribution in [0.1, 0.15) is 48.0 Å². The molecule has 0 rings (SSSR count). The molecular weight excluding hydrogens is 228 g/mol. The summed E-state index contributed by atoms with van der Waals surface area (Å²) in [5.41, 5.74) is -0.433. The van der Waals surface area contributed by atoms with Crippen LogP contribution in [0.25, 0.3) is 0 Å². The Morgan fingerprint density at radius 2 is 1.83 bits per heavy atom. The molecule has 0 aromatic rings. The van der Waals surface area contributed by atoms with Gasteiger partial charge in [0.2, 0.25) is 0 Å². The summed E-state index contributed by atoms with van der Waals surface area (Å²) in [5, 5.41) is 6.24. The van der Waals surface area contributed by atoms with Gasteiger partial charge in [0.05, 0.1) is 0 Å². The third-order valence-corrected chi connectivity index (χ3v) is 2.68. The Hall–Kier alpha value is -0.770. The summed E-state index contributed by atoms with van der Waals surface area (Å²) in [6, 6.07) is 0. The molecule has 1 atom stereocenters. The first-order valence-electron chi connectivity index (χ1n) is 6.93. The summed E-state index contributed by atoms with van der Waals surface area (Å²) in [6.45, 7) is 14.7. The highest BCUT2D eigenvalue weighted by molar-refractivity contribution is 5.67. The zero-order chi connectivity index (χ0) is 14.2. The van der Waals surface area contributed by atoms with Crippen LogP contribution in [-0.4, -0.2) is 31.3 Å². The molecule has 0 aliphatic heterocycles. The molecule has 0 heterocycles. The normalized spacial score (nSPS) is 13.5. The van der Waals surface area contributed by atoms with Crippen molar-refractivity contribution in [2.24, 2.45) is 11.8 Å². The quantitative estimate of drug-likeness (QED) is 0.690. The molecule has 0 aliphatic carbocycles. The van der Waals surface area contributed by atoms with Gasteiger partial charge >= 0.3 is 6.09 Å². The van der Waals surface area contributed by atoms with E-state index in [1.54, 1.807) is 0 Å². The average molecular weight is 258 g/mol. The Morgan fingerprint density at radius 1 is 1.22 bits per heavy atom. The van der Waals surface area contributed by atoms with Crippen molar-refractivity contribution in [3.63, 3.8) is 0 Å². The Balaban J connectivity index is 3.99. The van der Waals surface area contributed by atoms with Crippen molar-refractivity contribution in [2.75, 3.05) is 19.6 Å². The molecule has 4 heteroatoms. The van der Waals surface area contributed by atoms with Crippen LogP contribution in [0.2, 0.25) is 0 Å². The van der Waals surface area contributed by atoms with E-state index in [4.69, 9.17) is 4.74 Å². The van der Waals surface area contributed by atoms with E-state index in [1.807, 2.05) is 20.8 Å². The highest BCUT2D eigenvalue weighted by atomic mass is 16.6. The maximum Gasteiger partial charge on any atom is 0.407 e. The lowest BCUT2D eigenvalue weighted by Gasteiger charge is -2.24. The second-order valence-corrected chi connectivity index (χ2v) is 6.09. The topological polar surface area (TPSA) is 50.4 Å². The van der Waals surface area contributed by atoms with Crippen LogP contribution in [0.3, 0.4) is 0 Å². The lowest BCUT2D eigenvalue weighted by molar-refractivity contribution is 0.0515. The molecule has 108 valence electrons. The van der Waals surface area contributed by atoms with Gasteiger partial charge in [-0.05, 0) is 52.1 Å². The van der Waals surface area contributed by atoms with Crippen molar-refractivity contribution >= 4 is 6.09 Å². The average Bonchev–Trinajstić information content (AvgIpc) is 2.20. The number of nitrogens with one attached hydrogen (secondary N) is 2. The van der Waals surface area contributed by atoms with Crippen molar-refractivity contribution in [3.05, 3.63) is 0 Å². The molecule has 0 aliphatic rings. The van der Waals surface area contributed by atoms with Gasteiger partial charge in [0.15, 0.2) is 0 Å².